The summed E-state index contributed by atoms with van der Waals surface area (Å²) in [5.74, 6) is 1.33. The SMILES string of the molecule is CCC(CC)CC(O)CC(C)CC(C)(C)C. The number of hydrogen-bond donors (Lipinski definition) is 1. The van der Waals surface area contributed by atoms with Gasteiger partial charge in [0.1, 0.15) is 0 Å². The minimum absolute atomic E-state index is 0.0951. The summed E-state index contributed by atoms with van der Waals surface area (Å²) in [4.78, 5) is 0. The summed E-state index contributed by atoms with van der Waals surface area (Å²) in [6.07, 6.45) is 5.45. The van der Waals surface area contributed by atoms with Crippen molar-refractivity contribution in [2.24, 2.45) is 17.3 Å². The smallest absolute Gasteiger partial charge is 0.0545 e. The molecule has 0 aromatic heterocycles. The second-order valence-corrected chi connectivity index (χ2v) is 6.68. The Hall–Kier alpha value is -0.0400. The Morgan fingerprint density at radius 3 is 1.88 bits per heavy atom. The van der Waals surface area contributed by atoms with Crippen LogP contribution in [0.1, 0.15) is 73.6 Å². The van der Waals surface area contributed by atoms with Gasteiger partial charge in [0.2, 0.25) is 0 Å². The zero-order chi connectivity index (χ0) is 12.8. The maximum absolute atomic E-state index is 10.0. The van der Waals surface area contributed by atoms with Crippen LogP contribution in [-0.2, 0) is 0 Å². The van der Waals surface area contributed by atoms with Gasteiger partial charge in [-0.1, -0.05) is 54.4 Å². The van der Waals surface area contributed by atoms with Crippen molar-refractivity contribution in [1.29, 1.82) is 0 Å². The fraction of sp³-hybridized carbons (Fsp3) is 1.00. The van der Waals surface area contributed by atoms with Gasteiger partial charge >= 0.3 is 0 Å². The van der Waals surface area contributed by atoms with Crippen molar-refractivity contribution in [2.45, 2.75) is 79.8 Å². The minimum atomic E-state index is -0.0951. The second kappa shape index (κ2) is 7.32. The Morgan fingerprint density at radius 2 is 1.50 bits per heavy atom. The highest BCUT2D eigenvalue weighted by Crippen LogP contribution is 2.28. The van der Waals surface area contributed by atoms with Crippen LogP contribution >= 0.6 is 0 Å². The quantitative estimate of drug-likeness (QED) is 0.673. The molecule has 0 amide bonds. The van der Waals surface area contributed by atoms with Crippen LogP contribution in [0, 0.1) is 17.3 Å². The molecule has 98 valence electrons. The first-order chi connectivity index (χ1) is 7.28. The van der Waals surface area contributed by atoms with Crippen LogP contribution in [0.25, 0.3) is 0 Å². The van der Waals surface area contributed by atoms with Crippen LogP contribution in [0.3, 0.4) is 0 Å². The lowest BCUT2D eigenvalue weighted by atomic mass is 9.82. The second-order valence-electron chi connectivity index (χ2n) is 6.68. The van der Waals surface area contributed by atoms with E-state index in [0.29, 0.717) is 17.3 Å². The normalized spacial score (nSPS) is 16.5. The van der Waals surface area contributed by atoms with Gasteiger partial charge in [0, 0.05) is 0 Å². The third kappa shape index (κ3) is 8.15. The van der Waals surface area contributed by atoms with Crippen molar-refractivity contribution < 1.29 is 5.11 Å². The van der Waals surface area contributed by atoms with Gasteiger partial charge in [-0.05, 0) is 36.5 Å². The van der Waals surface area contributed by atoms with Crippen molar-refractivity contribution in [3.8, 4) is 0 Å². The van der Waals surface area contributed by atoms with Gasteiger partial charge in [-0.2, -0.15) is 0 Å². The highest BCUT2D eigenvalue weighted by Gasteiger charge is 2.19. The van der Waals surface area contributed by atoms with Crippen LogP contribution in [0.15, 0.2) is 0 Å². The molecule has 0 aliphatic heterocycles. The van der Waals surface area contributed by atoms with Gasteiger partial charge in [-0.3, -0.25) is 0 Å². The average molecular weight is 228 g/mol. The molecule has 0 aromatic carbocycles. The van der Waals surface area contributed by atoms with Gasteiger partial charge < -0.3 is 5.11 Å². The van der Waals surface area contributed by atoms with Crippen LogP contribution in [-0.4, -0.2) is 11.2 Å². The number of hydrogen-bond acceptors (Lipinski definition) is 1. The molecule has 0 aliphatic rings. The first kappa shape index (κ1) is 16.0. The van der Waals surface area contributed by atoms with Crippen LogP contribution in [0.4, 0.5) is 0 Å². The van der Waals surface area contributed by atoms with E-state index in [4.69, 9.17) is 0 Å². The van der Waals surface area contributed by atoms with Gasteiger partial charge in [-0.15, -0.1) is 0 Å². The Balaban J connectivity index is 3.90. The predicted octanol–water partition coefficient (Wildman–Crippen LogP) is 4.64. The van der Waals surface area contributed by atoms with E-state index in [9.17, 15) is 5.11 Å². The van der Waals surface area contributed by atoms with E-state index in [1.165, 1.54) is 19.3 Å². The molecule has 0 fully saturated rings. The molecular weight excluding hydrogens is 196 g/mol. The van der Waals surface area contributed by atoms with E-state index in [0.717, 1.165) is 12.8 Å². The number of aliphatic hydroxyl groups is 1. The average Bonchev–Trinajstić information content (AvgIpc) is 2.10. The molecule has 0 aromatic rings. The van der Waals surface area contributed by atoms with E-state index in [1.807, 2.05) is 0 Å². The van der Waals surface area contributed by atoms with Gasteiger partial charge in [0.05, 0.1) is 6.10 Å². The van der Waals surface area contributed by atoms with Gasteiger partial charge in [-0.25, -0.2) is 0 Å². The molecule has 2 atom stereocenters. The standard InChI is InChI=1S/C15H32O/c1-7-13(8-2)10-14(16)9-12(3)11-15(4,5)6/h12-14,16H,7-11H2,1-6H3. The third-order valence-electron chi connectivity index (χ3n) is 3.40. The Bertz CT molecular complexity index is 165. The largest absolute Gasteiger partial charge is 0.393 e. The summed E-state index contributed by atoms with van der Waals surface area (Å²) >= 11 is 0. The van der Waals surface area contributed by atoms with Crippen molar-refractivity contribution in [3.05, 3.63) is 0 Å². The van der Waals surface area contributed by atoms with Crippen LogP contribution in [0.2, 0.25) is 0 Å². The highest BCUT2D eigenvalue weighted by molar-refractivity contribution is 4.71. The molecule has 2 unspecified atom stereocenters. The lowest BCUT2D eigenvalue weighted by Gasteiger charge is -2.26. The minimum Gasteiger partial charge on any atom is -0.393 e. The number of aliphatic hydroxyl groups excluding tert-OH is 1. The first-order valence-electron chi connectivity index (χ1n) is 6.96. The maximum atomic E-state index is 10.0. The van der Waals surface area contributed by atoms with E-state index < -0.39 is 0 Å². The fourth-order valence-corrected chi connectivity index (χ4v) is 2.70. The maximum Gasteiger partial charge on any atom is 0.0545 e. The fourth-order valence-electron chi connectivity index (χ4n) is 2.70. The van der Waals surface area contributed by atoms with Gasteiger partial charge in [0.25, 0.3) is 0 Å². The van der Waals surface area contributed by atoms with Crippen LogP contribution < -0.4 is 0 Å². The molecule has 0 spiro atoms. The van der Waals surface area contributed by atoms with Crippen LogP contribution in [0.5, 0.6) is 0 Å². The van der Waals surface area contributed by atoms with Crippen molar-refractivity contribution in [3.63, 3.8) is 0 Å². The molecule has 0 saturated carbocycles. The third-order valence-corrected chi connectivity index (χ3v) is 3.40. The topological polar surface area (TPSA) is 20.2 Å². The highest BCUT2D eigenvalue weighted by atomic mass is 16.3. The summed E-state index contributed by atoms with van der Waals surface area (Å²) < 4.78 is 0. The zero-order valence-electron chi connectivity index (χ0n) is 12.2. The molecule has 16 heavy (non-hydrogen) atoms. The molecular formula is C15H32O. The van der Waals surface area contributed by atoms with Gasteiger partial charge in [0.15, 0.2) is 0 Å². The summed E-state index contributed by atoms with van der Waals surface area (Å²) in [7, 11) is 0. The zero-order valence-corrected chi connectivity index (χ0v) is 12.2. The molecule has 0 radical (unpaired) electrons. The lowest BCUT2D eigenvalue weighted by molar-refractivity contribution is 0.105. The molecule has 0 bridgehead atoms. The Labute approximate surface area is 103 Å². The molecule has 1 heteroatoms. The summed E-state index contributed by atoms with van der Waals surface area (Å²) in [5, 5.41) is 10.0. The van der Waals surface area contributed by atoms with Crippen molar-refractivity contribution >= 4 is 0 Å². The van der Waals surface area contributed by atoms with E-state index >= 15 is 0 Å². The monoisotopic (exact) mass is 228 g/mol. The molecule has 0 aliphatic carbocycles. The molecule has 0 saturated heterocycles. The lowest BCUT2D eigenvalue weighted by Crippen LogP contribution is -2.19. The van der Waals surface area contributed by atoms with E-state index in [1.54, 1.807) is 0 Å². The predicted molar refractivity (Wildman–Crippen MR) is 72.5 cm³/mol. The first-order valence-corrected chi connectivity index (χ1v) is 6.96. The molecule has 0 rings (SSSR count). The molecule has 1 nitrogen and oxygen atoms in total. The van der Waals surface area contributed by atoms with Crippen molar-refractivity contribution in [2.75, 3.05) is 0 Å². The Kier molecular flexibility index (Phi) is 7.30. The van der Waals surface area contributed by atoms with Crippen molar-refractivity contribution in [1.82, 2.24) is 0 Å². The Morgan fingerprint density at radius 1 is 1.00 bits per heavy atom. The summed E-state index contributed by atoms with van der Waals surface area (Å²) in [6, 6.07) is 0. The van der Waals surface area contributed by atoms with E-state index in [-0.39, 0.29) is 6.10 Å². The number of rotatable bonds is 7. The van der Waals surface area contributed by atoms with E-state index in [2.05, 4.69) is 41.5 Å². The summed E-state index contributed by atoms with van der Waals surface area (Å²) in [5.41, 5.74) is 0.383. The molecule has 0 heterocycles. The summed E-state index contributed by atoms with van der Waals surface area (Å²) in [6.45, 7) is 13.5. The molecule has 1 N–H and O–H groups in total.